The number of rotatable bonds is 7. The predicted molar refractivity (Wildman–Crippen MR) is 86.3 cm³/mol. The Bertz CT molecular complexity index is 569. The van der Waals surface area contributed by atoms with E-state index in [0.29, 0.717) is 11.5 Å². The fourth-order valence-corrected chi connectivity index (χ4v) is 3.50. The van der Waals surface area contributed by atoms with Crippen molar-refractivity contribution in [3.8, 4) is 0 Å². The van der Waals surface area contributed by atoms with Crippen LogP contribution in [0.5, 0.6) is 0 Å². The molecule has 1 N–H and O–H groups in total. The van der Waals surface area contributed by atoms with Gasteiger partial charge >= 0.3 is 0 Å². The summed E-state index contributed by atoms with van der Waals surface area (Å²) in [6, 6.07) is 13.7. The van der Waals surface area contributed by atoms with Crippen molar-refractivity contribution in [2.75, 3.05) is 6.54 Å². The molecule has 0 aliphatic heterocycles. The number of aromatic nitrogens is 2. The SMILES string of the molecule is CCNC(CCc1ccnn1C)C1(c2ccccc2)CC1. The fourth-order valence-electron chi connectivity index (χ4n) is 3.50. The number of likely N-dealkylation sites (N-methyl/N-ethyl adjacent to an activating group) is 1. The van der Waals surface area contributed by atoms with Gasteiger partial charge in [0.2, 0.25) is 0 Å². The molecule has 3 heteroatoms. The van der Waals surface area contributed by atoms with Gasteiger partial charge in [-0.05, 0) is 43.9 Å². The van der Waals surface area contributed by atoms with Gasteiger partial charge in [0.15, 0.2) is 0 Å². The fraction of sp³-hybridized carbons (Fsp3) is 0.500. The van der Waals surface area contributed by atoms with E-state index in [-0.39, 0.29) is 0 Å². The minimum atomic E-state index is 0.357. The lowest BCUT2D eigenvalue weighted by atomic mass is 9.85. The normalized spacial score (nSPS) is 17.6. The zero-order valence-electron chi connectivity index (χ0n) is 13.0. The van der Waals surface area contributed by atoms with Gasteiger partial charge in [-0.1, -0.05) is 37.3 Å². The van der Waals surface area contributed by atoms with Crippen molar-refractivity contribution in [3.63, 3.8) is 0 Å². The molecule has 3 rings (SSSR count). The number of benzene rings is 1. The molecule has 3 nitrogen and oxygen atoms in total. The number of nitrogens with zero attached hydrogens (tertiary/aromatic N) is 2. The lowest BCUT2D eigenvalue weighted by Gasteiger charge is -2.28. The van der Waals surface area contributed by atoms with Gasteiger partial charge in [-0.15, -0.1) is 0 Å². The van der Waals surface area contributed by atoms with Crippen molar-refractivity contribution in [3.05, 3.63) is 53.9 Å². The summed E-state index contributed by atoms with van der Waals surface area (Å²) in [6.45, 7) is 3.24. The smallest absolute Gasteiger partial charge is 0.0492 e. The van der Waals surface area contributed by atoms with E-state index >= 15 is 0 Å². The molecular formula is C18H25N3. The first-order valence-electron chi connectivity index (χ1n) is 8.02. The molecule has 0 amide bonds. The Balaban J connectivity index is 1.74. The van der Waals surface area contributed by atoms with Crippen molar-refractivity contribution in [2.45, 2.75) is 44.1 Å². The average molecular weight is 283 g/mol. The lowest BCUT2D eigenvalue weighted by Crippen LogP contribution is -2.40. The van der Waals surface area contributed by atoms with Crippen LogP contribution in [-0.4, -0.2) is 22.4 Å². The van der Waals surface area contributed by atoms with Gasteiger partial charge in [-0.2, -0.15) is 5.10 Å². The largest absolute Gasteiger partial charge is 0.313 e. The molecule has 112 valence electrons. The molecule has 2 aromatic rings. The van der Waals surface area contributed by atoms with Crippen LogP contribution in [0.2, 0.25) is 0 Å². The van der Waals surface area contributed by atoms with Crippen molar-refractivity contribution >= 4 is 0 Å². The average Bonchev–Trinajstić information content (AvgIpc) is 3.22. The van der Waals surface area contributed by atoms with Crippen molar-refractivity contribution in [1.82, 2.24) is 15.1 Å². The van der Waals surface area contributed by atoms with Crippen LogP contribution in [0.1, 0.15) is 37.4 Å². The Morgan fingerprint density at radius 1 is 1.24 bits per heavy atom. The van der Waals surface area contributed by atoms with E-state index in [4.69, 9.17) is 0 Å². The maximum Gasteiger partial charge on any atom is 0.0492 e. The van der Waals surface area contributed by atoms with Crippen LogP contribution >= 0.6 is 0 Å². The predicted octanol–water partition coefficient (Wildman–Crippen LogP) is 3.06. The molecule has 0 spiro atoms. The second-order valence-electron chi connectivity index (χ2n) is 6.12. The van der Waals surface area contributed by atoms with E-state index in [2.05, 4.69) is 53.7 Å². The Hall–Kier alpha value is -1.61. The second kappa shape index (κ2) is 6.02. The highest BCUT2D eigenvalue weighted by Gasteiger charge is 2.49. The summed E-state index contributed by atoms with van der Waals surface area (Å²) in [5.41, 5.74) is 3.18. The maximum absolute atomic E-state index is 4.27. The number of hydrogen-bond acceptors (Lipinski definition) is 2. The van der Waals surface area contributed by atoms with Gasteiger partial charge in [0.1, 0.15) is 0 Å². The third-order valence-electron chi connectivity index (χ3n) is 4.87. The molecular weight excluding hydrogens is 258 g/mol. The van der Waals surface area contributed by atoms with Gasteiger partial charge in [-0.25, -0.2) is 0 Å². The summed E-state index contributed by atoms with van der Waals surface area (Å²) in [6.07, 6.45) is 6.76. The first-order chi connectivity index (χ1) is 10.3. The molecule has 1 saturated carbocycles. The molecule has 1 aliphatic carbocycles. The van der Waals surface area contributed by atoms with Crippen LogP contribution in [-0.2, 0) is 18.9 Å². The lowest BCUT2D eigenvalue weighted by molar-refractivity contribution is 0.396. The topological polar surface area (TPSA) is 29.9 Å². The molecule has 0 bridgehead atoms. The Kier molecular flexibility index (Phi) is 4.11. The molecule has 1 fully saturated rings. The van der Waals surface area contributed by atoms with Gasteiger partial charge in [0, 0.05) is 30.4 Å². The van der Waals surface area contributed by atoms with Crippen LogP contribution in [0.25, 0.3) is 0 Å². The van der Waals surface area contributed by atoms with Crippen LogP contribution in [0.15, 0.2) is 42.6 Å². The molecule has 1 aromatic carbocycles. The zero-order chi connectivity index (χ0) is 14.7. The second-order valence-corrected chi connectivity index (χ2v) is 6.12. The molecule has 1 unspecified atom stereocenters. The summed E-state index contributed by atoms with van der Waals surface area (Å²) in [7, 11) is 2.03. The molecule has 0 saturated heterocycles. The zero-order valence-corrected chi connectivity index (χ0v) is 13.0. The minimum Gasteiger partial charge on any atom is -0.313 e. The highest BCUT2D eigenvalue weighted by molar-refractivity contribution is 5.34. The van der Waals surface area contributed by atoms with E-state index in [1.807, 2.05) is 17.9 Å². The van der Waals surface area contributed by atoms with Crippen LogP contribution in [0.3, 0.4) is 0 Å². The maximum atomic E-state index is 4.27. The standard InChI is InChI=1S/C18H25N3/c1-3-19-17(10-9-16-11-14-20-21(16)2)18(12-13-18)15-7-5-4-6-8-15/h4-8,11,14,17,19H,3,9-10,12-13H2,1-2H3. The molecule has 1 aromatic heterocycles. The first kappa shape index (κ1) is 14.3. The minimum absolute atomic E-state index is 0.357. The van der Waals surface area contributed by atoms with E-state index in [1.54, 1.807) is 0 Å². The summed E-state index contributed by atoms with van der Waals surface area (Å²) in [4.78, 5) is 0. The molecule has 1 aliphatic rings. The third-order valence-corrected chi connectivity index (χ3v) is 4.87. The van der Waals surface area contributed by atoms with E-state index in [1.165, 1.54) is 30.5 Å². The van der Waals surface area contributed by atoms with Gasteiger partial charge in [0.05, 0.1) is 0 Å². The van der Waals surface area contributed by atoms with E-state index < -0.39 is 0 Å². The summed E-state index contributed by atoms with van der Waals surface area (Å²) in [5, 5.41) is 8.01. The summed E-state index contributed by atoms with van der Waals surface area (Å²) in [5.74, 6) is 0. The van der Waals surface area contributed by atoms with Crippen molar-refractivity contribution in [1.29, 1.82) is 0 Å². The highest BCUT2D eigenvalue weighted by Crippen LogP contribution is 2.51. The third kappa shape index (κ3) is 2.88. The molecule has 1 atom stereocenters. The molecule has 21 heavy (non-hydrogen) atoms. The van der Waals surface area contributed by atoms with Gasteiger partial charge in [0.25, 0.3) is 0 Å². The Morgan fingerprint density at radius 2 is 2.00 bits per heavy atom. The molecule has 1 heterocycles. The van der Waals surface area contributed by atoms with Crippen LogP contribution < -0.4 is 5.32 Å². The highest BCUT2D eigenvalue weighted by atomic mass is 15.2. The van der Waals surface area contributed by atoms with Crippen molar-refractivity contribution in [2.24, 2.45) is 7.05 Å². The number of aryl methyl sites for hydroxylation is 2. The summed E-state index contributed by atoms with van der Waals surface area (Å²) >= 11 is 0. The Labute approximate surface area is 127 Å². The van der Waals surface area contributed by atoms with E-state index in [9.17, 15) is 0 Å². The summed E-state index contributed by atoms with van der Waals surface area (Å²) < 4.78 is 1.99. The van der Waals surface area contributed by atoms with Crippen molar-refractivity contribution < 1.29 is 0 Å². The quantitative estimate of drug-likeness (QED) is 0.846. The van der Waals surface area contributed by atoms with Gasteiger partial charge < -0.3 is 5.32 Å². The van der Waals surface area contributed by atoms with E-state index in [0.717, 1.165) is 13.0 Å². The monoisotopic (exact) mass is 283 g/mol. The molecule has 0 radical (unpaired) electrons. The Morgan fingerprint density at radius 3 is 2.57 bits per heavy atom. The van der Waals surface area contributed by atoms with Gasteiger partial charge in [-0.3, -0.25) is 4.68 Å². The van der Waals surface area contributed by atoms with Crippen LogP contribution in [0, 0.1) is 0 Å². The first-order valence-corrected chi connectivity index (χ1v) is 8.02. The number of hydrogen-bond donors (Lipinski definition) is 1. The number of nitrogens with one attached hydrogen (secondary N) is 1. The van der Waals surface area contributed by atoms with Crippen LogP contribution in [0.4, 0.5) is 0 Å².